The predicted octanol–water partition coefficient (Wildman–Crippen LogP) is 7.54. The second kappa shape index (κ2) is 15.9. The number of nitrogens with zero attached hydrogens (tertiary/aromatic N) is 2. The van der Waals surface area contributed by atoms with E-state index in [1.165, 1.54) is 11.1 Å². The van der Waals surface area contributed by atoms with Crippen molar-refractivity contribution in [3.05, 3.63) is 107 Å². The number of piperidine rings is 2. The summed E-state index contributed by atoms with van der Waals surface area (Å²) in [6.45, 7) is 9.93. The number of halogens is 1. The van der Waals surface area contributed by atoms with E-state index >= 15 is 0 Å². The van der Waals surface area contributed by atoms with Crippen molar-refractivity contribution in [1.29, 1.82) is 0 Å². The molecule has 0 spiro atoms. The number of aliphatic hydroxyl groups is 1. The van der Waals surface area contributed by atoms with Crippen LogP contribution in [0.4, 0.5) is 4.79 Å². The van der Waals surface area contributed by atoms with Gasteiger partial charge in [0.05, 0.1) is 5.60 Å². The van der Waals surface area contributed by atoms with E-state index in [-0.39, 0.29) is 17.9 Å². The monoisotopic (exact) mass is 673 g/mol. The van der Waals surface area contributed by atoms with Gasteiger partial charge in [0.1, 0.15) is 5.60 Å². The molecule has 8 heteroatoms. The molecule has 2 aliphatic heterocycles. The highest BCUT2D eigenvalue weighted by molar-refractivity contribution is 6.30. The third-order valence-corrected chi connectivity index (χ3v) is 10.4. The standard InChI is InChI=1S/C40H52ClN3O4/c1-38(2,3)48-37(46)44-25-19-31(20-26-44)29-36(45)42-30-39(32-11-6-4-7-12-32,33-13-8-5-9-14-33)21-10-24-43-27-22-40(47,23-28-43)34-15-17-35(41)18-16-34/h4-9,11-18,31,47H,10,19-30H2,1-3H3,(H,42,45). The first-order valence-corrected chi connectivity index (χ1v) is 17.9. The van der Waals surface area contributed by atoms with E-state index in [0.29, 0.717) is 43.9 Å². The Bertz CT molecular complexity index is 1420. The molecule has 48 heavy (non-hydrogen) atoms. The maximum Gasteiger partial charge on any atom is 0.410 e. The summed E-state index contributed by atoms with van der Waals surface area (Å²) >= 11 is 6.09. The van der Waals surface area contributed by atoms with Crippen molar-refractivity contribution in [3.8, 4) is 0 Å². The van der Waals surface area contributed by atoms with E-state index in [0.717, 1.165) is 50.9 Å². The van der Waals surface area contributed by atoms with Gasteiger partial charge in [0.2, 0.25) is 5.91 Å². The van der Waals surface area contributed by atoms with Crippen LogP contribution in [0.3, 0.4) is 0 Å². The number of ether oxygens (including phenoxy) is 1. The average molecular weight is 674 g/mol. The third-order valence-electron chi connectivity index (χ3n) is 10.1. The highest BCUT2D eigenvalue weighted by Crippen LogP contribution is 2.38. The summed E-state index contributed by atoms with van der Waals surface area (Å²) in [6, 6.07) is 28.7. The Morgan fingerprint density at radius 3 is 1.98 bits per heavy atom. The Kier molecular flexibility index (Phi) is 11.9. The molecule has 0 aromatic heterocycles. The average Bonchev–Trinajstić information content (AvgIpc) is 3.08. The second-order valence-electron chi connectivity index (χ2n) is 14.7. The molecule has 3 aromatic rings. The number of carbonyl (C=O) groups is 2. The minimum absolute atomic E-state index is 0.0551. The lowest BCUT2D eigenvalue weighted by molar-refractivity contribution is -0.122. The molecule has 2 aliphatic rings. The molecule has 0 unspecified atom stereocenters. The van der Waals surface area contributed by atoms with Crippen molar-refractivity contribution in [2.24, 2.45) is 5.92 Å². The fourth-order valence-corrected chi connectivity index (χ4v) is 7.42. The molecule has 5 rings (SSSR count). The normalized spacial score (nSPS) is 17.6. The van der Waals surface area contributed by atoms with Crippen molar-refractivity contribution >= 4 is 23.6 Å². The lowest BCUT2D eigenvalue weighted by Crippen LogP contribution is -2.45. The number of likely N-dealkylation sites (tertiary alicyclic amines) is 2. The molecule has 0 aliphatic carbocycles. The summed E-state index contributed by atoms with van der Waals surface area (Å²) in [5.41, 5.74) is 1.58. The van der Waals surface area contributed by atoms with E-state index in [2.05, 4.69) is 58.7 Å². The SMILES string of the molecule is CC(C)(C)OC(=O)N1CCC(CC(=O)NCC(CCCN2CCC(O)(c3ccc(Cl)cc3)CC2)(c2ccccc2)c2ccccc2)CC1. The first-order valence-electron chi connectivity index (χ1n) is 17.5. The van der Waals surface area contributed by atoms with Crippen molar-refractivity contribution in [2.45, 2.75) is 82.3 Å². The highest BCUT2D eigenvalue weighted by atomic mass is 35.5. The van der Waals surface area contributed by atoms with E-state index in [4.69, 9.17) is 16.3 Å². The molecule has 2 saturated heterocycles. The number of nitrogens with one attached hydrogen (secondary N) is 1. The predicted molar refractivity (Wildman–Crippen MR) is 192 cm³/mol. The topological polar surface area (TPSA) is 82.1 Å². The number of hydrogen-bond acceptors (Lipinski definition) is 5. The second-order valence-corrected chi connectivity index (χ2v) is 15.1. The molecule has 0 saturated carbocycles. The zero-order chi connectivity index (χ0) is 34.2. The molecule has 7 nitrogen and oxygen atoms in total. The van der Waals surface area contributed by atoms with Gasteiger partial charge in [-0.2, -0.15) is 0 Å². The van der Waals surface area contributed by atoms with Crippen LogP contribution in [0.1, 0.15) is 82.4 Å². The van der Waals surface area contributed by atoms with Crippen LogP contribution < -0.4 is 5.32 Å². The van der Waals surface area contributed by atoms with Gasteiger partial charge in [0.15, 0.2) is 0 Å². The number of rotatable bonds is 11. The van der Waals surface area contributed by atoms with Crippen molar-refractivity contribution < 1.29 is 19.4 Å². The van der Waals surface area contributed by atoms with Gasteiger partial charge in [-0.15, -0.1) is 0 Å². The highest BCUT2D eigenvalue weighted by Gasteiger charge is 2.37. The van der Waals surface area contributed by atoms with Crippen LogP contribution in [-0.2, 0) is 20.5 Å². The molecule has 0 atom stereocenters. The van der Waals surface area contributed by atoms with Gasteiger partial charge < -0.3 is 25.0 Å². The number of carbonyl (C=O) groups excluding carboxylic acids is 2. The molecule has 0 bridgehead atoms. The van der Waals surface area contributed by atoms with Gasteiger partial charge in [-0.3, -0.25) is 4.79 Å². The fourth-order valence-electron chi connectivity index (χ4n) is 7.29. The number of amides is 2. The summed E-state index contributed by atoms with van der Waals surface area (Å²) in [6.07, 6.45) is 4.94. The van der Waals surface area contributed by atoms with Crippen LogP contribution >= 0.6 is 11.6 Å². The minimum atomic E-state index is -0.824. The molecule has 258 valence electrons. The molecule has 3 aromatic carbocycles. The lowest BCUT2D eigenvalue weighted by atomic mass is 9.71. The molecule has 0 radical (unpaired) electrons. The van der Waals surface area contributed by atoms with Crippen LogP contribution in [0.15, 0.2) is 84.9 Å². The van der Waals surface area contributed by atoms with E-state index in [1.807, 2.05) is 57.2 Å². The Labute approximate surface area is 291 Å². The molecular weight excluding hydrogens is 622 g/mol. The Hall–Kier alpha value is -3.39. The van der Waals surface area contributed by atoms with Crippen LogP contribution in [0, 0.1) is 5.92 Å². The first kappa shape index (κ1) is 35.9. The summed E-state index contributed by atoms with van der Waals surface area (Å²) in [7, 11) is 0. The first-order chi connectivity index (χ1) is 23.0. The Morgan fingerprint density at radius 1 is 0.875 bits per heavy atom. The summed E-state index contributed by atoms with van der Waals surface area (Å²) < 4.78 is 5.54. The fraction of sp³-hybridized carbons (Fsp3) is 0.500. The lowest BCUT2D eigenvalue weighted by Gasteiger charge is -2.40. The maximum absolute atomic E-state index is 13.5. The smallest absolute Gasteiger partial charge is 0.410 e. The van der Waals surface area contributed by atoms with Gasteiger partial charge in [0, 0.05) is 49.6 Å². The quantitative estimate of drug-likeness (QED) is 0.220. The minimum Gasteiger partial charge on any atom is -0.444 e. The number of benzene rings is 3. The zero-order valence-electron chi connectivity index (χ0n) is 28.8. The molecule has 2 N–H and O–H groups in total. The number of hydrogen-bond donors (Lipinski definition) is 2. The van der Waals surface area contributed by atoms with Crippen LogP contribution in [0.5, 0.6) is 0 Å². The van der Waals surface area contributed by atoms with E-state index in [1.54, 1.807) is 4.90 Å². The summed E-state index contributed by atoms with van der Waals surface area (Å²) in [5.74, 6) is 0.289. The maximum atomic E-state index is 13.5. The Balaban J connectivity index is 1.21. The Morgan fingerprint density at radius 2 is 1.44 bits per heavy atom. The third kappa shape index (κ3) is 9.40. The van der Waals surface area contributed by atoms with E-state index in [9.17, 15) is 14.7 Å². The molecular formula is C40H52ClN3O4. The summed E-state index contributed by atoms with van der Waals surface area (Å²) in [5, 5.41) is 15.4. The van der Waals surface area contributed by atoms with Gasteiger partial charge in [-0.25, -0.2) is 4.79 Å². The van der Waals surface area contributed by atoms with Gasteiger partial charge in [-0.1, -0.05) is 84.4 Å². The van der Waals surface area contributed by atoms with Crippen molar-refractivity contribution in [2.75, 3.05) is 39.3 Å². The molecule has 2 fully saturated rings. The largest absolute Gasteiger partial charge is 0.444 e. The van der Waals surface area contributed by atoms with Crippen LogP contribution in [0.25, 0.3) is 0 Å². The van der Waals surface area contributed by atoms with Gasteiger partial charge in [0.25, 0.3) is 0 Å². The molecule has 2 amide bonds. The van der Waals surface area contributed by atoms with Crippen LogP contribution in [0.2, 0.25) is 5.02 Å². The van der Waals surface area contributed by atoms with Gasteiger partial charge in [-0.05, 0) is 101 Å². The molecule has 2 heterocycles. The van der Waals surface area contributed by atoms with Crippen molar-refractivity contribution in [3.63, 3.8) is 0 Å². The van der Waals surface area contributed by atoms with Crippen molar-refractivity contribution in [1.82, 2.24) is 15.1 Å². The zero-order valence-corrected chi connectivity index (χ0v) is 29.6. The van der Waals surface area contributed by atoms with Crippen LogP contribution in [-0.4, -0.2) is 71.8 Å². The summed E-state index contributed by atoms with van der Waals surface area (Å²) in [4.78, 5) is 30.2. The van der Waals surface area contributed by atoms with Gasteiger partial charge >= 0.3 is 6.09 Å². The van der Waals surface area contributed by atoms with E-state index < -0.39 is 16.6 Å².